The van der Waals surface area contributed by atoms with E-state index in [4.69, 9.17) is 10.3 Å². The van der Waals surface area contributed by atoms with Crippen LogP contribution >= 0.6 is 15.9 Å². The standard InChI is InChI=1S/C14H16BrN3O/c15-11-5-1-9(2-6-11)7-13-17-14(19-18-13)8-12(16)10-3-4-10/h1-2,5-6,10,12H,3-4,7-8,16H2. The molecule has 1 aromatic heterocycles. The highest BCUT2D eigenvalue weighted by Crippen LogP contribution is 2.32. The highest BCUT2D eigenvalue weighted by Gasteiger charge is 2.29. The lowest BCUT2D eigenvalue weighted by Gasteiger charge is -2.04. The van der Waals surface area contributed by atoms with Gasteiger partial charge in [0.25, 0.3) is 0 Å². The van der Waals surface area contributed by atoms with E-state index in [9.17, 15) is 0 Å². The molecule has 2 aromatic rings. The molecule has 4 nitrogen and oxygen atoms in total. The zero-order chi connectivity index (χ0) is 13.2. The van der Waals surface area contributed by atoms with E-state index in [1.54, 1.807) is 0 Å². The van der Waals surface area contributed by atoms with Crippen LogP contribution in [0, 0.1) is 5.92 Å². The van der Waals surface area contributed by atoms with Gasteiger partial charge >= 0.3 is 0 Å². The minimum Gasteiger partial charge on any atom is -0.339 e. The summed E-state index contributed by atoms with van der Waals surface area (Å²) in [6.07, 6.45) is 3.86. The van der Waals surface area contributed by atoms with E-state index >= 15 is 0 Å². The average molecular weight is 322 g/mol. The number of aromatic nitrogens is 2. The summed E-state index contributed by atoms with van der Waals surface area (Å²) >= 11 is 3.42. The van der Waals surface area contributed by atoms with Gasteiger partial charge in [-0.25, -0.2) is 0 Å². The molecule has 1 heterocycles. The van der Waals surface area contributed by atoms with Crippen LogP contribution in [0.3, 0.4) is 0 Å². The van der Waals surface area contributed by atoms with Crippen molar-refractivity contribution in [3.8, 4) is 0 Å². The lowest BCUT2D eigenvalue weighted by molar-refractivity contribution is 0.359. The number of nitrogens with zero attached hydrogens (tertiary/aromatic N) is 2. The Morgan fingerprint density at radius 3 is 2.74 bits per heavy atom. The van der Waals surface area contributed by atoms with E-state index in [2.05, 4.69) is 38.2 Å². The van der Waals surface area contributed by atoms with Crippen LogP contribution in [0.2, 0.25) is 0 Å². The van der Waals surface area contributed by atoms with Crippen molar-refractivity contribution < 1.29 is 4.52 Å². The molecular weight excluding hydrogens is 306 g/mol. The van der Waals surface area contributed by atoms with Crippen LogP contribution in [0.5, 0.6) is 0 Å². The van der Waals surface area contributed by atoms with E-state index in [0.29, 0.717) is 24.7 Å². The Bertz CT molecular complexity index is 548. The number of halogens is 1. The number of nitrogens with two attached hydrogens (primary N) is 1. The van der Waals surface area contributed by atoms with E-state index in [0.717, 1.165) is 10.3 Å². The summed E-state index contributed by atoms with van der Waals surface area (Å²) in [4.78, 5) is 4.41. The number of hydrogen-bond acceptors (Lipinski definition) is 4. The predicted octanol–water partition coefficient (Wildman–Crippen LogP) is 2.70. The van der Waals surface area contributed by atoms with Crippen molar-refractivity contribution in [2.45, 2.75) is 31.7 Å². The molecule has 1 fully saturated rings. The molecule has 0 radical (unpaired) electrons. The molecule has 0 amide bonds. The highest BCUT2D eigenvalue weighted by molar-refractivity contribution is 9.10. The normalized spacial score (nSPS) is 16.5. The zero-order valence-electron chi connectivity index (χ0n) is 10.6. The maximum Gasteiger partial charge on any atom is 0.228 e. The van der Waals surface area contributed by atoms with E-state index in [-0.39, 0.29) is 6.04 Å². The second-order valence-electron chi connectivity index (χ2n) is 5.11. The highest BCUT2D eigenvalue weighted by atomic mass is 79.9. The van der Waals surface area contributed by atoms with Crippen LogP contribution < -0.4 is 5.73 Å². The second-order valence-corrected chi connectivity index (χ2v) is 6.03. The van der Waals surface area contributed by atoms with E-state index in [1.807, 2.05) is 12.1 Å². The Hall–Kier alpha value is -1.20. The van der Waals surface area contributed by atoms with Crippen LogP contribution in [-0.2, 0) is 12.8 Å². The van der Waals surface area contributed by atoms with Crippen molar-refractivity contribution in [3.05, 3.63) is 46.0 Å². The molecule has 1 aliphatic rings. The Morgan fingerprint density at radius 2 is 2.05 bits per heavy atom. The average Bonchev–Trinajstić information content (AvgIpc) is 3.16. The summed E-state index contributed by atoms with van der Waals surface area (Å²) < 4.78 is 6.33. The van der Waals surface area contributed by atoms with Crippen LogP contribution in [-0.4, -0.2) is 16.2 Å². The fourth-order valence-electron chi connectivity index (χ4n) is 2.12. The Balaban J connectivity index is 1.62. The minimum absolute atomic E-state index is 0.168. The molecule has 2 N–H and O–H groups in total. The van der Waals surface area contributed by atoms with Crippen LogP contribution in [0.15, 0.2) is 33.3 Å². The fourth-order valence-corrected chi connectivity index (χ4v) is 2.39. The summed E-state index contributed by atoms with van der Waals surface area (Å²) in [5, 5.41) is 4.01. The van der Waals surface area contributed by atoms with E-state index < -0.39 is 0 Å². The second kappa shape index (κ2) is 5.43. The molecule has 0 bridgehead atoms. The molecule has 1 saturated carbocycles. The Morgan fingerprint density at radius 1 is 1.32 bits per heavy atom. The SMILES string of the molecule is NC(Cc1nc(Cc2ccc(Br)cc2)no1)C1CC1. The Labute approximate surface area is 120 Å². The van der Waals surface area contributed by atoms with Gasteiger partial charge in [-0.2, -0.15) is 4.98 Å². The van der Waals surface area contributed by atoms with Gasteiger partial charge in [0.05, 0.1) is 0 Å². The quantitative estimate of drug-likeness (QED) is 0.919. The fraction of sp³-hybridized carbons (Fsp3) is 0.429. The molecule has 1 unspecified atom stereocenters. The summed E-state index contributed by atoms with van der Waals surface area (Å²) in [6, 6.07) is 8.30. The summed E-state index contributed by atoms with van der Waals surface area (Å²) in [6.45, 7) is 0. The predicted molar refractivity (Wildman–Crippen MR) is 75.6 cm³/mol. The topological polar surface area (TPSA) is 64.9 Å². The van der Waals surface area contributed by atoms with Crippen LogP contribution in [0.4, 0.5) is 0 Å². The first-order valence-electron chi connectivity index (χ1n) is 6.52. The molecule has 0 spiro atoms. The first-order chi connectivity index (χ1) is 9.20. The smallest absolute Gasteiger partial charge is 0.228 e. The van der Waals surface area contributed by atoms with Gasteiger partial charge in [0.1, 0.15) is 0 Å². The largest absolute Gasteiger partial charge is 0.339 e. The zero-order valence-corrected chi connectivity index (χ0v) is 12.1. The van der Waals surface area contributed by atoms with Gasteiger partial charge in [-0.15, -0.1) is 0 Å². The molecule has 19 heavy (non-hydrogen) atoms. The Kier molecular flexibility index (Phi) is 3.66. The number of benzene rings is 1. The first-order valence-corrected chi connectivity index (χ1v) is 7.31. The minimum atomic E-state index is 0.168. The van der Waals surface area contributed by atoms with Crippen molar-refractivity contribution in [3.63, 3.8) is 0 Å². The maximum atomic E-state index is 6.06. The number of hydrogen-bond donors (Lipinski definition) is 1. The third kappa shape index (κ3) is 3.42. The van der Waals surface area contributed by atoms with Gasteiger partial charge in [-0.1, -0.05) is 33.2 Å². The molecule has 0 saturated heterocycles. The van der Waals surface area contributed by atoms with Crippen LogP contribution in [0.1, 0.15) is 30.1 Å². The van der Waals surface area contributed by atoms with Crippen molar-refractivity contribution in [1.29, 1.82) is 0 Å². The molecule has 0 aliphatic heterocycles. The summed E-state index contributed by atoms with van der Waals surface area (Å²) in [5.74, 6) is 2.04. The molecule has 1 atom stereocenters. The molecule has 1 aliphatic carbocycles. The molecular formula is C14H16BrN3O. The third-order valence-corrected chi connectivity index (χ3v) is 3.95. The first kappa shape index (κ1) is 12.8. The molecule has 5 heteroatoms. The van der Waals surface area contributed by atoms with Gasteiger partial charge < -0.3 is 10.3 Å². The van der Waals surface area contributed by atoms with Crippen molar-refractivity contribution in [2.24, 2.45) is 11.7 Å². The molecule has 100 valence electrons. The maximum absolute atomic E-state index is 6.06. The van der Waals surface area contributed by atoms with Crippen LogP contribution in [0.25, 0.3) is 0 Å². The third-order valence-electron chi connectivity index (χ3n) is 3.42. The summed E-state index contributed by atoms with van der Waals surface area (Å²) in [7, 11) is 0. The lowest BCUT2D eigenvalue weighted by Crippen LogP contribution is -2.25. The van der Waals surface area contributed by atoms with Gasteiger partial charge in [0, 0.05) is 23.4 Å². The van der Waals surface area contributed by atoms with Gasteiger partial charge in [-0.05, 0) is 36.5 Å². The molecule has 1 aromatic carbocycles. The van der Waals surface area contributed by atoms with Gasteiger partial charge in [-0.3, -0.25) is 0 Å². The molecule has 3 rings (SSSR count). The van der Waals surface area contributed by atoms with Crippen molar-refractivity contribution >= 4 is 15.9 Å². The monoisotopic (exact) mass is 321 g/mol. The van der Waals surface area contributed by atoms with Crippen molar-refractivity contribution in [2.75, 3.05) is 0 Å². The van der Waals surface area contributed by atoms with Crippen molar-refractivity contribution in [1.82, 2.24) is 10.1 Å². The van der Waals surface area contributed by atoms with Gasteiger partial charge in [0.2, 0.25) is 5.89 Å². The van der Waals surface area contributed by atoms with Gasteiger partial charge in [0.15, 0.2) is 5.82 Å². The lowest BCUT2D eigenvalue weighted by atomic mass is 10.1. The number of rotatable bonds is 5. The summed E-state index contributed by atoms with van der Waals surface area (Å²) in [5.41, 5.74) is 7.23. The van der Waals surface area contributed by atoms with E-state index in [1.165, 1.54) is 18.4 Å².